The van der Waals surface area contributed by atoms with Crippen LogP contribution in [0.15, 0.2) is 0 Å². The van der Waals surface area contributed by atoms with E-state index in [1.807, 2.05) is 0 Å². The van der Waals surface area contributed by atoms with Gasteiger partial charge in [0.1, 0.15) is 24.2 Å². The molecule has 0 aromatic rings. The van der Waals surface area contributed by atoms with Crippen LogP contribution in [-0.2, 0) is 19.2 Å². The number of nitrogens with zero attached hydrogens (tertiary/aromatic N) is 1. The van der Waals surface area contributed by atoms with Crippen LogP contribution in [0.2, 0.25) is 0 Å². The van der Waals surface area contributed by atoms with Crippen molar-refractivity contribution in [3.63, 3.8) is 0 Å². The summed E-state index contributed by atoms with van der Waals surface area (Å²) in [5.41, 5.74) is 5.52. The fourth-order valence-electron chi connectivity index (χ4n) is 2.63. The molecule has 1 heterocycles. The molecule has 3 amide bonds. The molecule has 6 N–H and O–H groups in total. The average molecular weight is 423 g/mol. The van der Waals surface area contributed by atoms with Gasteiger partial charge in [-0.05, 0) is 19.8 Å². The molecule has 1 aliphatic heterocycles. The van der Waals surface area contributed by atoms with Gasteiger partial charge in [-0.2, -0.15) is 25.3 Å². The van der Waals surface area contributed by atoms with Gasteiger partial charge in [0.2, 0.25) is 17.7 Å². The van der Waals surface area contributed by atoms with Crippen LogP contribution in [0, 0.1) is 0 Å². The molecule has 0 aliphatic carbocycles. The molecule has 0 radical (unpaired) electrons. The predicted octanol–water partition coefficient (Wildman–Crippen LogP) is -2.40. The molecule has 0 bridgehead atoms. The molecule has 154 valence electrons. The summed E-state index contributed by atoms with van der Waals surface area (Å²) in [5, 5.41) is 23.4. The van der Waals surface area contributed by atoms with Gasteiger partial charge in [-0.3, -0.25) is 14.4 Å². The van der Waals surface area contributed by atoms with Crippen molar-refractivity contribution >= 4 is 48.9 Å². The molecule has 10 nitrogen and oxygen atoms in total. The lowest BCUT2D eigenvalue weighted by Crippen LogP contribution is -2.59. The molecule has 1 saturated heterocycles. The zero-order valence-electron chi connectivity index (χ0n) is 14.9. The van der Waals surface area contributed by atoms with Crippen LogP contribution in [0.3, 0.4) is 0 Å². The fourth-order valence-corrected chi connectivity index (χ4v) is 3.13. The number of rotatable bonds is 9. The minimum atomic E-state index is -1.22. The van der Waals surface area contributed by atoms with Gasteiger partial charge in [0.25, 0.3) is 0 Å². The Morgan fingerprint density at radius 3 is 2.19 bits per heavy atom. The van der Waals surface area contributed by atoms with Gasteiger partial charge in [0.05, 0.1) is 6.10 Å². The van der Waals surface area contributed by atoms with E-state index in [2.05, 4.69) is 35.9 Å². The van der Waals surface area contributed by atoms with Crippen molar-refractivity contribution in [2.45, 2.75) is 50.0 Å². The van der Waals surface area contributed by atoms with Crippen molar-refractivity contribution in [1.29, 1.82) is 0 Å². The van der Waals surface area contributed by atoms with E-state index in [4.69, 9.17) is 5.73 Å². The molecular formula is C15H26N4O6S2. The maximum atomic E-state index is 12.6. The highest BCUT2D eigenvalue weighted by Gasteiger charge is 2.38. The number of aliphatic carboxylic acids is 1. The van der Waals surface area contributed by atoms with Crippen LogP contribution < -0.4 is 16.4 Å². The fraction of sp³-hybridized carbons (Fsp3) is 0.733. The first-order chi connectivity index (χ1) is 12.6. The van der Waals surface area contributed by atoms with Gasteiger partial charge >= 0.3 is 5.97 Å². The number of amides is 3. The van der Waals surface area contributed by atoms with E-state index < -0.39 is 54.0 Å². The third kappa shape index (κ3) is 6.26. The van der Waals surface area contributed by atoms with E-state index in [-0.39, 0.29) is 18.1 Å². The standard InChI is InChI=1S/C15H26N4O6S2/c1-7(20)11(16)13(22)17-8(5-26)12(21)18-9(6-27)14(23)19-4-2-3-10(19)15(24)25/h7-11,20,26-27H,2-6,16H2,1H3,(H,17,22)(H,18,21)(H,24,25). The first kappa shape index (κ1) is 23.5. The normalized spacial score (nSPS) is 21.1. The summed E-state index contributed by atoms with van der Waals surface area (Å²) in [6.45, 7) is 1.62. The highest BCUT2D eigenvalue weighted by molar-refractivity contribution is 7.80. The molecule has 5 atom stereocenters. The Labute approximate surface area is 168 Å². The average Bonchev–Trinajstić information content (AvgIpc) is 3.12. The predicted molar refractivity (Wildman–Crippen MR) is 104 cm³/mol. The second-order valence-corrected chi connectivity index (χ2v) is 7.01. The molecule has 5 unspecified atom stereocenters. The summed E-state index contributed by atoms with van der Waals surface area (Å²) in [6.07, 6.45) is -0.202. The number of carboxylic acids is 1. The third-order valence-corrected chi connectivity index (χ3v) is 4.99. The van der Waals surface area contributed by atoms with Gasteiger partial charge < -0.3 is 31.5 Å². The van der Waals surface area contributed by atoms with E-state index in [1.165, 1.54) is 11.8 Å². The van der Waals surface area contributed by atoms with Crippen LogP contribution in [-0.4, -0.2) is 87.1 Å². The molecule has 0 saturated carbocycles. The van der Waals surface area contributed by atoms with E-state index in [1.54, 1.807) is 0 Å². The molecule has 1 rings (SSSR count). The zero-order chi connectivity index (χ0) is 20.7. The highest BCUT2D eigenvalue weighted by atomic mass is 32.1. The summed E-state index contributed by atoms with van der Waals surface area (Å²) in [5.74, 6) is -3.19. The zero-order valence-corrected chi connectivity index (χ0v) is 16.7. The molecule has 27 heavy (non-hydrogen) atoms. The second-order valence-electron chi connectivity index (χ2n) is 6.28. The van der Waals surface area contributed by atoms with Gasteiger partial charge in [-0.25, -0.2) is 4.79 Å². The van der Waals surface area contributed by atoms with Crippen LogP contribution in [0.25, 0.3) is 0 Å². The monoisotopic (exact) mass is 422 g/mol. The maximum Gasteiger partial charge on any atom is 0.326 e. The third-order valence-electron chi connectivity index (χ3n) is 4.26. The van der Waals surface area contributed by atoms with Gasteiger partial charge in [0, 0.05) is 18.1 Å². The van der Waals surface area contributed by atoms with Crippen molar-refractivity contribution in [2.24, 2.45) is 5.73 Å². The number of hydrogen-bond donors (Lipinski definition) is 7. The molecular weight excluding hydrogens is 396 g/mol. The molecule has 0 aromatic heterocycles. The summed E-state index contributed by atoms with van der Waals surface area (Å²) in [6, 6.07) is -4.29. The van der Waals surface area contributed by atoms with Crippen LogP contribution in [0.4, 0.5) is 0 Å². The molecule has 0 aromatic carbocycles. The van der Waals surface area contributed by atoms with Crippen molar-refractivity contribution in [3.8, 4) is 0 Å². The Bertz CT molecular complexity index is 577. The van der Waals surface area contributed by atoms with Crippen LogP contribution in [0.1, 0.15) is 19.8 Å². The van der Waals surface area contributed by atoms with E-state index in [9.17, 15) is 29.4 Å². The Balaban J connectivity index is 2.76. The Morgan fingerprint density at radius 1 is 1.15 bits per heavy atom. The number of aliphatic hydroxyl groups excluding tert-OH is 1. The minimum absolute atomic E-state index is 0.0478. The molecule has 1 aliphatic rings. The number of hydrogen-bond acceptors (Lipinski definition) is 8. The number of carbonyl (C=O) groups excluding carboxylic acids is 3. The highest BCUT2D eigenvalue weighted by Crippen LogP contribution is 2.18. The van der Waals surface area contributed by atoms with Crippen molar-refractivity contribution in [3.05, 3.63) is 0 Å². The lowest BCUT2D eigenvalue weighted by atomic mass is 10.1. The van der Waals surface area contributed by atoms with Gasteiger partial charge in [-0.15, -0.1) is 0 Å². The largest absolute Gasteiger partial charge is 0.480 e. The number of carbonyl (C=O) groups is 4. The smallest absolute Gasteiger partial charge is 0.326 e. The summed E-state index contributed by atoms with van der Waals surface area (Å²) in [4.78, 5) is 49.4. The lowest BCUT2D eigenvalue weighted by molar-refractivity contribution is -0.149. The second kappa shape index (κ2) is 10.7. The quantitative estimate of drug-likeness (QED) is 0.204. The number of carboxylic acid groups (broad SMARTS) is 1. The topological polar surface area (TPSA) is 162 Å². The summed E-state index contributed by atoms with van der Waals surface area (Å²) in [7, 11) is 0. The summed E-state index contributed by atoms with van der Waals surface area (Å²) < 4.78 is 0. The van der Waals surface area contributed by atoms with Gasteiger partial charge in [-0.1, -0.05) is 0 Å². The van der Waals surface area contributed by atoms with Gasteiger partial charge in [0.15, 0.2) is 0 Å². The van der Waals surface area contributed by atoms with Crippen LogP contribution in [0.5, 0.6) is 0 Å². The number of nitrogens with two attached hydrogens (primary N) is 1. The Kier molecular flexibility index (Phi) is 9.36. The lowest BCUT2D eigenvalue weighted by Gasteiger charge is -2.28. The number of nitrogens with one attached hydrogen (secondary N) is 2. The Hall–Kier alpha value is -1.50. The maximum absolute atomic E-state index is 12.6. The Morgan fingerprint density at radius 2 is 1.70 bits per heavy atom. The number of likely N-dealkylation sites (tertiary alicyclic amines) is 1. The SMILES string of the molecule is CC(O)C(N)C(=O)NC(CS)C(=O)NC(CS)C(=O)N1CCCC1C(=O)O. The van der Waals surface area contributed by atoms with E-state index in [0.717, 1.165) is 0 Å². The first-order valence-electron chi connectivity index (χ1n) is 8.43. The molecule has 0 spiro atoms. The first-order valence-corrected chi connectivity index (χ1v) is 9.69. The number of thiol groups is 2. The van der Waals surface area contributed by atoms with Crippen molar-refractivity contribution in [2.75, 3.05) is 18.1 Å². The van der Waals surface area contributed by atoms with E-state index >= 15 is 0 Å². The van der Waals surface area contributed by atoms with Crippen molar-refractivity contribution < 1.29 is 29.4 Å². The number of aliphatic hydroxyl groups is 1. The summed E-state index contributed by atoms with van der Waals surface area (Å²) >= 11 is 8.07. The minimum Gasteiger partial charge on any atom is -0.480 e. The molecule has 12 heteroatoms. The molecule has 1 fully saturated rings. The van der Waals surface area contributed by atoms with E-state index in [0.29, 0.717) is 12.8 Å². The van der Waals surface area contributed by atoms with Crippen LogP contribution >= 0.6 is 25.3 Å². The van der Waals surface area contributed by atoms with Crippen molar-refractivity contribution in [1.82, 2.24) is 15.5 Å².